The first-order chi connectivity index (χ1) is 12.2. The Morgan fingerprint density at radius 3 is 2.72 bits per heavy atom. The summed E-state index contributed by atoms with van der Waals surface area (Å²) in [6, 6.07) is 13.5. The van der Waals surface area contributed by atoms with Crippen molar-refractivity contribution in [2.45, 2.75) is 31.2 Å². The molecule has 0 unspecified atom stereocenters. The molecular weight excluding hydrogens is 318 g/mol. The number of amides is 1. The molecule has 25 heavy (non-hydrogen) atoms. The van der Waals surface area contributed by atoms with E-state index in [0.717, 1.165) is 47.6 Å². The van der Waals surface area contributed by atoms with E-state index in [2.05, 4.69) is 5.32 Å². The molecule has 5 nitrogen and oxygen atoms in total. The molecule has 2 aromatic rings. The first-order valence-electron chi connectivity index (χ1n) is 8.53. The number of benzene rings is 2. The number of carbonyl (C=O) groups is 1. The van der Waals surface area contributed by atoms with Crippen molar-refractivity contribution in [2.24, 2.45) is 0 Å². The average Bonchev–Trinajstić information content (AvgIpc) is 3.07. The number of hydrogen-bond acceptors (Lipinski definition) is 4. The number of fused-ring (bicyclic) bond motifs is 1. The number of hydrogen-bond donors (Lipinski definition) is 1. The second-order valence-corrected chi connectivity index (χ2v) is 6.51. The largest absolute Gasteiger partial charge is 0.496 e. The quantitative estimate of drug-likeness (QED) is 0.909. The van der Waals surface area contributed by atoms with Crippen LogP contribution in [0.5, 0.6) is 17.2 Å². The van der Waals surface area contributed by atoms with E-state index in [1.54, 1.807) is 7.11 Å². The maximum absolute atomic E-state index is 13.0. The van der Waals surface area contributed by atoms with Crippen LogP contribution >= 0.6 is 0 Å². The Hall–Kier alpha value is -2.69. The highest BCUT2D eigenvalue weighted by molar-refractivity contribution is 5.90. The summed E-state index contributed by atoms with van der Waals surface area (Å²) in [5.41, 5.74) is 1.49. The van der Waals surface area contributed by atoms with Gasteiger partial charge < -0.3 is 19.5 Å². The highest BCUT2D eigenvalue weighted by Crippen LogP contribution is 2.47. The first-order valence-corrected chi connectivity index (χ1v) is 8.53. The van der Waals surface area contributed by atoms with E-state index in [1.807, 2.05) is 42.5 Å². The van der Waals surface area contributed by atoms with Crippen LogP contribution in [0.15, 0.2) is 42.5 Å². The molecule has 1 aliphatic carbocycles. The minimum Gasteiger partial charge on any atom is -0.496 e. The highest BCUT2D eigenvalue weighted by atomic mass is 16.7. The standard InChI is InChI=1S/C20H21NO4/c1-23-16-6-3-2-5-15(16)20(9-4-10-20)19(22)21-12-14-7-8-17-18(11-14)25-13-24-17/h2-3,5-8,11H,4,9-10,12-13H2,1H3,(H,21,22). The Morgan fingerprint density at radius 1 is 1.16 bits per heavy atom. The summed E-state index contributed by atoms with van der Waals surface area (Å²) in [6.45, 7) is 0.717. The molecule has 0 spiro atoms. The second-order valence-electron chi connectivity index (χ2n) is 6.51. The Bertz CT molecular complexity index is 798. The van der Waals surface area contributed by atoms with Crippen LogP contribution in [0.2, 0.25) is 0 Å². The zero-order chi connectivity index (χ0) is 17.3. The maximum Gasteiger partial charge on any atom is 0.231 e. The van der Waals surface area contributed by atoms with Crippen molar-refractivity contribution < 1.29 is 19.0 Å². The molecule has 2 aromatic carbocycles. The number of methoxy groups -OCH3 is 1. The Morgan fingerprint density at radius 2 is 1.96 bits per heavy atom. The summed E-state index contributed by atoms with van der Waals surface area (Å²) in [7, 11) is 1.65. The van der Waals surface area contributed by atoms with E-state index < -0.39 is 5.41 Å². The van der Waals surface area contributed by atoms with Crippen molar-refractivity contribution in [2.75, 3.05) is 13.9 Å². The predicted molar refractivity (Wildman–Crippen MR) is 92.9 cm³/mol. The van der Waals surface area contributed by atoms with Gasteiger partial charge in [0.05, 0.1) is 12.5 Å². The minimum absolute atomic E-state index is 0.0564. The van der Waals surface area contributed by atoms with Crippen molar-refractivity contribution in [3.8, 4) is 17.2 Å². The van der Waals surface area contributed by atoms with Crippen molar-refractivity contribution in [3.05, 3.63) is 53.6 Å². The van der Waals surface area contributed by atoms with Crippen LogP contribution < -0.4 is 19.5 Å². The molecule has 2 aliphatic rings. The summed E-state index contributed by atoms with van der Waals surface area (Å²) in [5.74, 6) is 2.32. The van der Waals surface area contributed by atoms with Crippen LogP contribution in [0.25, 0.3) is 0 Å². The summed E-state index contributed by atoms with van der Waals surface area (Å²) < 4.78 is 16.2. The Kier molecular flexibility index (Phi) is 3.99. The lowest BCUT2D eigenvalue weighted by Gasteiger charge is -2.41. The van der Waals surface area contributed by atoms with E-state index in [4.69, 9.17) is 14.2 Å². The van der Waals surface area contributed by atoms with Gasteiger partial charge in [-0.15, -0.1) is 0 Å². The van der Waals surface area contributed by atoms with Gasteiger partial charge in [0.1, 0.15) is 5.75 Å². The van der Waals surface area contributed by atoms with Gasteiger partial charge in [-0.2, -0.15) is 0 Å². The molecule has 0 bridgehead atoms. The topological polar surface area (TPSA) is 56.8 Å². The molecule has 0 saturated heterocycles. The summed E-state index contributed by atoms with van der Waals surface area (Å²) in [4.78, 5) is 13.0. The molecular formula is C20H21NO4. The van der Waals surface area contributed by atoms with Gasteiger partial charge >= 0.3 is 0 Å². The molecule has 4 rings (SSSR count). The monoisotopic (exact) mass is 339 g/mol. The molecule has 0 aromatic heterocycles. The summed E-state index contributed by atoms with van der Waals surface area (Å²) in [6.07, 6.45) is 2.75. The predicted octanol–water partition coefficient (Wildman–Crippen LogP) is 3.16. The third-order valence-electron chi connectivity index (χ3n) is 5.15. The SMILES string of the molecule is COc1ccccc1C1(C(=O)NCc2ccc3c(c2)OCO3)CCC1. The van der Waals surface area contributed by atoms with Crippen molar-refractivity contribution >= 4 is 5.91 Å². The third-order valence-corrected chi connectivity index (χ3v) is 5.15. The molecule has 1 fully saturated rings. The highest BCUT2D eigenvalue weighted by Gasteiger charge is 2.47. The van der Waals surface area contributed by atoms with Gasteiger partial charge in [0.25, 0.3) is 0 Å². The fourth-order valence-electron chi connectivity index (χ4n) is 3.59. The molecule has 0 radical (unpaired) electrons. The molecule has 0 atom stereocenters. The number of carbonyl (C=O) groups excluding carboxylic acids is 1. The molecule has 1 N–H and O–H groups in total. The summed E-state index contributed by atoms with van der Waals surface area (Å²) >= 11 is 0. The third kappa shape index (κ3) is 2.69. The van der Waals surface area contributed by atoms with Gasteiger partial charge in [-0.1, -0.05) is 30.7 Å². The lowest BCUT2D eigenvalue weighted by molar-refractivity contribution is -0.130. The minimum atomic E-state index is -0.483. The first kappa shape index (κ1) is 15.8. The zero-order valence-corrected chi connectivity index (χ0v) is 14.2. The van der Waals surface area contributed by atoms with E-state index >= 15 is 0 Å². The number of nitrogens with one attached hydrogen (secondary N) is 1. The van der Waals surface area contributed by atoms with Crippen molar-refractivity contribution in [3.63, 3.8) is 0 Å². The normalized spacial score (nSPS) is 16.8. The van der Waals surface area contributed by atoms with E-state index in [0.29, 0.717) is 6.54 Å². The van der Waals surface area contributed by atoms with E-state index in [9.17, 15) is 4.79 Å². The van der Waals surface area contributed by atoms with Gasteiger partial charge in [0, 0.05) is 12.1 Å². The average molecular weight is 339 g/mol. The Labute approximate surface area is 146 Å². The molecule has 1 amide bonds. The lowest BCUT2D eigenvalue weighted by atomic mass is 9.63. The van der Waals surface area contributed by atoms with Crippen LogP contribution in [0.4, 0.5) is 0 Å². The maximum atomic E-state index is 13.0. The van der Waals surface area contributed by atoms with E-state index in [-0.39, 0.29) is 12.7 Å². The number of rotatable bonds is 5. The summed E-state index contributed by atoms with van der Waals surface area (Å²) in [5, 5.41) is 3.09. The van der Waals surface area contributed by atoms with Gasteiger partial charge in [0.15, 0.2) is 11.5 Å². The van der Waals surface area contributed by atoms with Crippen LogP contribution in [-0.4, -0.2) is 19.8 Å². The smallest absolute Gasteiger partial charge is 0.231 e. The second kappa shape index (κ2) is 6.31. The van der Waals surface area contributed by atoms with Gasteiger partial charge in [-0.25, -0.2) is 0 Å². The van der Waals surface area contributed by atoms with Crippen LogP contribution in [0, 0.1) is 0 Å². The van der Waals surface area contributed by atoms with E-state index in [1.165, 1.54) is 0 Å². The fraction of sp³-hybridized carbons (Fsp3) is 0.350. The van der Waals surface area contributed by atoms with Crippen molar-refractivity contribution in [1.82, 2.24) is 5.32 Å². The van der Waals surface area contributed by atoms with Gasteiger partial charge in [-0.05, 0) is 36.6 Å². The van der Waals surface area contributed by atoms with Gasteiger partial charge in [-0.3, -0.25) is 4.79 Å². The molecule has 130 valence electrons. The van der Waals surface area contributed by atoms with Gasteiger partial charge in [0.2, 0.25) is 12.7 Å². The van der Waals surface area contributed by atoms with Crippen molar-refractivity contribution in [1.29, 1.82) is 0 Å². The zero-order valence-electron chi connectivity index (χ0n) is 14.2. The molecule has 1 saturated carbocycles. The van der Waals surface area contributed by atoms with Crippen LogP contribution in [-0.2, 0) is 16.8 Å². The number of ether oxygens (including phenoxy) is 3. The van der Waals surface area contributed by atoms with Crippen LogP contribution in [0.1, 0.15) is 30.4 Å². The fourth-order valence-corrected chi connectivity index (χ4v) is 3.59. The molecule has 1 heterocycles. The van der Waals surface area contributed by atoms with Crippen LogP contribution in [0.3, 0.4) is 0 Å². The molecule has 1 aliphatic heterocycles. The lowest BCUT2D eigenvalue weighted by Crippen LogP contribution is -2.49. The number of para-hydroxylation sites is 1. The Balaban J connectivity index is 1.51. The molecule has 5 heteroatoms.